The lowest BCUT2D eigenvalue weighted by Gasteiger charge is -2.06. The van der Waals surface area contributed by atoms with Crippen molar-refractivity contribution in [3.05, 3.63) is 53.8 Å². The Bertz CT molecular complexity index is 629. The lowest BCUT2D eigenvalue weighted by atomic mass is 10.1. The van der Waals surface area contributed by atoms with E-state index in [1.807, 2.05) is 6.07 Å². The van der Waals surface area contributed by atoms with Gasteiger partial charge in [0, 0.05) is 5.69 Å². The summed E-state index contributed by atoms with van der Waals surface area (Å²) in [7, 11) is 0. The number of aromatic nitrogens is 1. The van der Waals surface area contributed by atoms with E-state index in [9.17, 15) is 9.59 Å². The van der Waals surface area contributed by atoms with Crippen LogP contribution in [0, 0.1) is 6.92 Å². The van der Waals surface area contributed by atoms with Crippen molar-refractivity contribution < 1.29 is 14.0 Å². The van der Waals surface area contributed by atoms with E-state index >= 15 is 0 Å². The van der Waals surface area contributed by atoms with Crippen LogP contribution in [0.3, 0.4) is 0 Å². The highest BCUT2D eigenvalue weighted by atomic mass is 16.4. The summed E-state index contributed by atoms with van der Waals surface area (Å²) in [5.74, 6) is -0.424. The van der Waals surface area contributed by atoms with E-state index in [1.54, 1.807) is 31.2 Å². The topological polar surface area (TPSA) is 72.2 Å². The first kappa shape index (κ1) is 12.8. The van der Waals surface area contributed by atoms with Crippen LogP contribution in [0.4, 0.5) is 5.69 Å². The number of para-hydroxylation sites is 1. The molecule has 5 heteroatoms. The van der Waals surface area contributed by atoms with Crippen LogP contribution < -0.4 is 5.32 Å². The van der Waals surface area contributed by atoms with Gasteiger partial charge in [-0.1, -0.05) is 18.2 Å². The third-order valence-corrected chi connectivity index (χ3v) is 2.38. The van der Waals surface area contributed by atoms with Crippen LogP contribution in [0.15, 0.2) is 41.0 Å². The highest BCUT2D eigenvalue weighted by molar-refractivity contribution is 6.02. The van der Waals surface area contributed by atoms with Gasteiger partial charge in [-0.15, -0.1) is 0 Å². The molecule has 0 saturated carbocycles. The summed E-state index contributed by atoms with van der Waals surface area (Å²) < 4.78 is 5.02. The van der Waals surface area contributed by atoms with Crippen molar-refractivity contribution in [2.24, 2.45) is 0 Å². The fraction of sp³-hybridized carbons (Fsp3) is 0.0714. The van der Waals surface area contributed by atoms with Gasteiger partial charge >= 0.3 is 5.91 Å². The number of anilines is 1. The summed E-state index contributed by atoms with van der Waals surface area (Å²) in [6.45, 7) is 1.74. The van der Waals surface area contributed by atoms with E-state index in [1.165, 1.54) is 12.3 Å². The van der Waals surface area contributed by atoms with Gasteiger partial charge in [0.05, 0.1) is 5.69 Å². The van der Waals surface area contributed by atoms with Gasteiger partial charge in [0.1, 0.15) is 12.5 Å². The van der Waals surface area contributed by atoms with Crippen LogP contribution in [-0.4, -0.2) is 17.2 Å². The quantitative estimate of drug-likeness (QED) is 0.673. The lowest BCUT2D eigenvalue weighted by Crippen LogP contribution is -2.13. The maximum atomic E-state index is 11.9. The second-order valence-corrected chi connectivity index (χ2v) is 3.83. The molecule has 0 aliphatic carbocycles. The van der Waals surface area contributed by atoms with Crippen molar-refractivity contribution in [3.63, 3.8) is 0 Å². The molecule has 1 aromatic heterocycles. The molecule has 0 bridgehead atoms. The minimum absolute atomic E-state index is 0.00618. The van der Waals surface area contributed by atoms with Crippen LogP contribution in [0.2, 0.25) is 0 Å². The number of oxazole rings is 1. The number of nitrogens with one attached hydrogen (secondary N) is 1. The first-order valence-electron chi connectivity index (χ1n) is 5.65. The first-order chi connectivity index (χ1) is 9.20. The predicted octanol–water partition coefficient (Wildman–Crippen LogP) is 2.45. The van der Waals surface area contributed by atoms with Crippen molar-refractivity contribution in [1.82, 2.24) is 4.98 Å². The molecule has 1 N–H and O–H groups in total. The van der Waals surface area contributed by atoms with E-state index in [0.29, 0.717) is 17.7 Å². The van der Waals surface area contributed by atoms with E-state index < -0.39 is 5.91 Å². The molecule has 0 atom stereocenters. The Morgan fingerprint density at radius 1 is 1.37 bits per heavy atom. The van der Waals surface area contributed by atoms with Gasteiger partial charge in [-0.25, -0.2) is 4.98 Å². The molecule has 1 heterocycles. The average molecular weight is 256 g/mol. The third-order valence-electron chi connectivity index (χ3n) is 2.38. The number of carbonyl (C=O) groups is 2. The Morgan fingerprint density at radius 3 is 2.84 bits per heavy atom. The smallest absolute Gasteiger partial charge is 0.311 e. The second-order valence-electron chi connectivity index (χ2n) is 3.83. The van der Waals surface area contributed by atoms with Crippen molar-refractivity contribution in [2.75, 3.05) is 5.32 Å². The molecule has 0 fully saturated rings. The van der Waals surface area contributed by atoms with Gasteiger partial charge in [-0.05, 0) is 30.7 Å². The normalized spacial score (nSPS) is 10.6. The van der Waals surface area contributed by atoms with Crippen LogP contribution in [-0.2, 0) is 4.79 Å². The summed E-state index contributed by atoms with van der Waals surface area (Å²) in [5.41, 5.74) is 1.95. The van der Waals surface area contributed by atoms with Crippen LogP contribution in [0.25, 0.3) is 6.08 Å². The zero-order chi connectivity index (χ0) is 13.7. The molecule has 0 aliphatic rings. The summed E-state index contributed by atoms with van der Waals surface area (Å²) in [5, 5.41) is 2.69. The van der Waals surface area contributed by atoms with Crippen molar-refractivity contribution in [1.29, 1.82) is 0 Å². The number of aryl methyl sites for hydroxylation is 1. The summed E-state index contributed by atoms with van der Waals surface area (Å²) >= 11 is 0. The van der Waals surface area contributed by atoms with E-state index in [-0.39, 0.29) is 5.89 Å². The zero-order valence-corrected chi connectivity index (χ0v) is 10.3. The molecule has 1 amide bonds. The molecular weight excluding hydrogens is 244 g/mol. The van der Waals surface area contributed by atoms with E-state index in [0.717, 1.165) is 5.56 Å². The number of rotatable bonds is 4. The van der Waals surface area contributed by atoms with Crippen LogP contribution in [0.5, 0.6) is 0 Å². The Labute approximate surface area is 110 Å². The maximum Gasteiger partial charge on any atom is 0.311 e. The summed E-state index contributed by atoms with van der Waals surface area (Å²) in [6.07, 6.45) is 5.06. The van der Waals surface area contributed by atoms with E-state index in [2.05, 4.69) is 10.3 Å². The lowest BCUT2D eigenvalue weighted by molar-refractivity contribution is -0.104. The van der Waals surface area contributed by atoms with Gasteiger partial charge in [-0.2, -0.15) is 0 Å². The minimum Gasteiger partial charge on any atom is -0.441 e. The summed E-state index contributed by atoms with van der Waals surface area (Å²) in [4.78, 5) is 26.2. The number of benzene rings is 1. The van der Waals surface area contributed by atoms with Gasteiger partial charge in [0.15, 0.2) is 0 Å². The van der Waals surface area contributed by atoms with Crippen LogP contribution in [0.1, 0.15) is 21.9 Å². The molecule has 0 unspecified atom stereocenters. The predicted molar refractivity (Wildman–Crippen MR) is 70.7 cm³/mol. The number of nitrogens with zero attached hydrogens (tertiary/aromatic N) is 1. The molecule has 2 aromatic rings. The monoisotopic (exact) mass is 256 g/mol. The SMILES string of the molecule is Cc1coc(C(=O)Nc2ccccc2/C=C/C=O)n1. The molecule has 0 radical (unpaired) electrons. The van der Waals surface area contributed by atoms with Gasteiger partial charge in [0.25, 0.3) is 5.89 Å². The summed E-state index contributed by atoms with van der Waals surface area (Å²) in [6, 6.07) is 7.12. The Kier molecular flexibility index (Phi) is 3.87. The Balaban J connectivity index is 2.21. The highest BCUT2D eigenvalue weighted by Gasteiger charge is 2.13. The molecule has 5 nitrogen and oxygen atoms in total. The molecule has 2 rings (SSSR count). The Morgan fingerprint density at radius 2 is 2.16 bits per heavy atom. The maximum absolute atomic E-state index is 11.9. The Hall–Kier alpha value is -2.69. The van der Waals surface area contributed by atoms with Crippen LogP contribution >= 0.6 is 0 Å². The largest absolute Gasteiger partial charge is 0.441 e. The standard InChI is InChI=1S/C14H12N2O3/c1-10-9-19-14(15-10)13(18)16-12-7-3-2-5-11(12)6-4-8-17/h2-9H,1H3,(H,16,18)/b6-4+. The molecule has 0 spiro atoms. The number of carbonyl (C=O) groups excluding carboxylic acids is 2. The molecular formula is C14H12N2O3. The molecule has 1 aromatic carbocycles. The number of aldehydes is 1. The second kappa shape index (κ2) is 5.77. The third kappa shape index (κ3) is 3.16. The van der Waals surface area contributed by atoms with Crippen molar-refractivity contribution in [3.8, 4) is 0 Å². The van der Waals surface area contributed by atoms with Gasteiger partial charge < -0.3 is 9.73 Å². The molecule has 0 aliphatic heterocycles. The number of amides is 1. The first-order valence-corrected chi connectivity index (χ1v) is 5.65. The number of hydrogen-bond donors (Lipinski definition) is 1. The van der Waals surface area contributed by atoms with E-state index in [4.69, 9.17) is 4.42 Å². The molecule has 0 saturated heterocycles. The number of hydrogen-bond acceptors (Lipinski definition) is 4. The van der Waals surface area contributed by atoms with Crippen molar-refractivity contribution in [2.45, 2.75) is 6.92 Å². The highest BCUT2D eigenvalue weighted by Crippen LogP contribution is 2.17. The number of allylic oxidation sites excluding steroid dienone is 1. The fourth-order valence-corrected chi connectivity index (χ4v) is 1.53. The average Bonchev–Trinajstić information content (AvgIpc) is 2.84. The molecule has 19 heavy (non-hydrogen) atoms. The van der Waals surface area contributed by atoms with Gasteiger partial charge in [0.2, 0.25) is 0 Å². The zero-order valence-electron chi connectivity index (χ0n) is 10.3. The fourth-order valence-electron chi connectivity index (χ4n) is 1.53. The van der Waals surface area contributed by atoms with Gasteiger partial charge in [-0.3, -0.25) is 9.59 Å². The van der Waals surface area contributed by atoms with Crippen molar-refractivity contribution >= 4 is 24.0 Å². The minimum atomic E-state index is -0.431. The molecule has 96 valence electrons.